The molecule has 1 heterocycles. The van der Waals surface area contributed by atoms with Crippen LogP contribution in [0.4, 0.5) is 0 Å². The minimum absolute atomic E-state index is 0.225. The molecule has 4 heteroatoms. The number of rotatable bonds is 3. The molecule has 0 radical (unpaired) electrons. The highest BCUT2D eigenvalue weighted by Crippen LogP contribution is 2.19. The summed E-state index contributed by atoms with van der Waals surface area (Å²) in [6.07, 6.45) is 2.40. The van der Waals surface area contributed by atoms with Gasteiger partial charge in [0.2, 0.25) is 5.91 Å². The summed E-state index contributed by atoms with van der Waals surface area (Å²) in [5.74, 6) is 0.862. The second-order valence-electron chi connectivity index (χ2n) is 3.55. The van der Waals surface area contributed by atoms with Crippen molar-refractivity contribution in [3.63, 3.8) is 0 Å². The van der Waals surface area contributed by atoms with E-state index in [4.69, 9.17) is 0 Å². The first-order valence-corrected chi connectivity index (χ1v) is 5.77. The number of hydrogen-bond donors (Lipinski definition) is 1. The van der Waals surface area contributed by atoms with E-state index in [0.717, 1.165) is 13.1 Å². The summed E-state index contributed by atoms with van der Waals surface area (Å²) < 4.78 is 0. The zero-order valence-corrected chi connectivity index (χ0v) is 9.19. The zero-order chi connectivity index (χ0) is 9.68. The van der Waals surface area contributed by atoms with Gasteiger partial charge in [-0.15, -0.1) is 11.8 Å². The Labute approximate surface area is 84.2 Å². The van der Waals surface area contributed by atoms with Crippen LogP contribution < -0.4 is 5.32 Å². The van der Waals surface area contributed by atoms with Crippen molar-refractivity contribution in [2.45, 2.75) is 18.1 Å². The molecule has 0 aliphatic carbocycles. The van der Waals surface area contributed by atoms with E-state index in [-0.39, 0.29) is 5.91 Å². The van der Waals surface area contributed by atoms with Crippen LogP contribution in [-0.4, -0.2) is 49.0 Å². The van der Waals surface area contributed by atoms with Crippen LogP contribution in [0, 0.1) is 0 Å². The molecule has 0 aromatic carbocycles. The van der Waals surface area contributed by atoms with Crippen molar-refractivity contribution < 1.29 is 4.79 Å². The quantitative estimate of drug-likeness (QED) is 0.726. The summed E-state index contributed by atoms with van der Waals surface area (Å²) in [4.78, 5) is 12.9. The first-order valence-electron chi connectivity index (χ1n) is 4.72. The molecule has 0 atom stereocenters. The third kappa shape index (κ3) is 4.00. The highest BCUT2D eigenvalue weighted by Gasteiger charge is 2.15. The van der Waals surface area contributed by atoms with Crippen molar-refractivity contribution in [3.8, 4) is 0 Å². The van der Waals surface area contributed by atoms with E-state index in [1.807, 2.05) is 14.1 Å². The molecule has 0 spiro atoms. The van der Waals surface area contributed by atoms with Gasteiger partial charge in [0.15, 0.2) is 0 Å². The maximum atomic E-state index is 11.3. The average molecular weight is 202 g/mol. The summed E-state index contributed by atoms with van der Waals surface area (Å²) in [6, 6.07) is 0. The number of nitrogens with one attached hydrogen (secondary N) is 1. The molecule has 0 saturated carbocycles. The number of amides is 1. The number of nitrogens with zero attached hydrogens (tertiary/aromatic N) is 1. The van der Waals surface area contributed by atoms with E-state index >= 15 is 0 Å². The summed E-state index contributed by atoms with van der Waals surface area (Å²) in [6.45, 7) is 2.21. The van der Waals surface area contributed by atoms with Gasteiger partial charge in [0, 0.05) is 19.3 Å². The number of carbonyl (C=O) groups is 1. The van der Waals surface area contributed by atoms with Crippen molar-refractivity contribution in [1.82, 2.24) is 10.2 Å². The predicted octanol–water partition coefficient (Wildman–Crippen LogP) is 0.560. The Bertz CT molecular complexity index is 167. The normalized spacial score (nSPS) is 18.6. The fraction of sp³-hybridized carbons (Fsp3) is 0.889. The van der Waals surface area contributed by atoms with Gasteiger partial charge in [-0.1, -0.05) is 0 Å². The fourth-order valence-corrected chi connectivity index (χ4v) is 2.49. The summed E-state index contributed by atoms with van der Waals surface area (Å²) >= 11 is 1.80. The highest BCUT2D eigenvalue weighted by molar-refractivity contribution is 8.00. The molecule has 1 aliphatic heterocycles. The van der Waals surface area contributed by atoms with Crippen molar-refractivity contribution in [2.24, 2.45) is 0 Å². The SMILES string of the molecule is CN(C)C(=O)CSC1CCNCC1. The molecule has 0 aromatic rings. The van der Waals surface area contributed by atoms with Gasteiger partial charge in [0.05, 0.1) is 5.75 Å². The molecule has 1 saturated heterocycles. The van der Waals surface area contributed by atoms with Crippen LogP contribution in [0.1, 0.15) is 12.8 Å². The minimum atomic E-state index is 0.225. The van der Waals surface area contributed by atoms with Gasteiger partial charge in [-0.05, 0) is 25.9 Å². The maximum absolute atomic E-state index is 11.3. The van der Waals surface area contributed by atoms with Crippen LogP contribution in [-0.2, 0) is 4.79 Å². The minimum Gasteiger partial charge on any atom is -0.348 e. The van der Waals surface area contributed by atoms with Gasteiger partial charge < -0.3 is 10.2 Å². The highest BCUT2D eigenvalue weighted by atomic mass is 32.2. The molecule has 1 aliphatic rings. The van der Waals surface area contributed by atoms with Gasteiger partial charge in [0.25, 0.3) is 0 Å². The topological polar surface area (TPSA) is 32.3 Å². The smallest absolute Gasteiger partial charge is 0.232 e. The fourth-order valence-electron chi connectivity index (χ4n) is 1.28. The largest absolute Gasteiger partial charge is 0.348 e. The van der Waals surface area contributed by atoms with Gasteiger partial charge >= 0.3 is 0 Å². The molecule has 1 N–H and O–H groups in total. The Balaban J connectivity index is 2.13. The van der Waals surface area contributed by atoms with Crippen LogP contribution in [0.3, 0.4) is 0 Å². The second kappa shape index (κ2) is 5.50. The Kier molecular flexibility index (Phi) is 4.59. The van der Waals surface area contributed by atoms with E-state index in [0.29, 0.717) is 11.0 Å². The van der Waals surface area contributed by atoms with Gasteiger partial charge in [-0.3, -0.25) is 4.79 Å². The lowest BCUT2D eigenvalue weighted by atomic mass is 10.2. The molecule has 1 rings (SSSR count). The molecule has 13 heavy (non-hydrogen) atoms. The number of piperidine rings is 1. The van der Waals surface area contributed by atoms with Gasteiger partial charge in [0.1, 0.15) is 0 Å². The lowest BCUT2D eigenvalue weighted by Gasteiger charge is -2.22. The van der Waals surface area contributed by atoms with E-state index in [9.17, 15) is 4.79 Å². The first kappa shape index (κ1) is 10.9. The van der Waals surface area contributed by atoms with E-state index in [1.165, 1.54) is 12.8 Å². The number of thioether (sulfide) groups is 1. The Morgan fingerprint density at radius 1 is 1.46 bits per heavy atom. The molecule has 1 amide bonds. The summed E-state index contributed by atoms with van der Waals surface area (Å²) in [5.41, 5.74) is 0. The van der Waals surface area contributed by atoms with E-state index in [2.05, 4.69) is 5.32 Å². The molecule has 1 fully saturated rings. The molecular weight excluding hydrogens is 184 g/mol. The van der Waals surface area contributed by atoms with Gasteiger partial charge in [-0.2, -0.15) is 0 Å². The zero-order valence-electron chi connectivity index (χ0n) is 8.38. The number of carbonyl (C=O) groups excluding carboxylic acids is 1. The summed E-state index contributed by atoms with van der Waals surface area (Å²) in [5, 5.41) is 4.00. The van der Waals surface area contributed by atoms with Crippen LogP contribution in [0.5, 0.6) is 0 Å². The monoisotopic (exact) mass is 202 g/mol. The standard InChI is InChI=1S/C9H18N2OS/c1-11(2)9(12)7-13-8-3-5-10-6-4-8/h8,10H,3-7H2,1-2H3. The second-order valence-corrected chi connectivity index (χ2v) is 4.84. The third-order valence-corrected chi connectivity index (χ3v) is 3.58. The van der Waals surface area contributed by atoms with Crippen molar-refractivity contribution in [1.29, 1.82) is 0 Å². The Hall–Kier alpha value is -0.220. The van der Waals surface area contributed by atoms with Crippen molar-refractivity contribution in [3.05, 3.63) is 0 Å². The van der Waals surface area contributed by atoms with Crippen LogP contribution in [0.2, 0.25) is 0 Å². The van der Waals surface area contributed by atoms with Crippen molar-refractivity contribution in [2.75, 3.05) is 32.9 Å². The molecule has 0 unspecified atom stereocenters. The predicted molar refractivity (Wildman–Crippen MR) is 57.0 cm³/mol. The van der Waals surface area contributed by atoms with Crippen LogP contribution in [0.15, 0.2) is 0 Å². The Morgan fingerprint density at radius 2 is 2.08 bits per heavy atom. The maximum Gasteiger partial charge on any atom is 0.232 e. The van der Waals surface area contributed by atoms with Crippen LogP contribution in [0.25, 0.3) is 0 Å². The molecular formula is C9H18N2OS. The first-order chi connectivity index (χ1) is 6.20. The average Bonchev–Trinajstić information content (AvgIpc) is 2.15. The van der Waals surface area contributed by atoms with Crippen LogP contribution >= 0.6 is 11.8 Å². The lowest BCUT2D eigenvalue weighted by Crippen LogP contribution is -2.31. The lowest BCUT2D eigenvalue weighted by molar-refractivity contribution is -0.125. The Morgan fingerprint density at radius 3 is 2.62 bits per heavy atom. The van der Waals surface area contributed by atoms with Crippen molar-refractivity contribution >= 4 is 17.7 Å². The summed E-state index contributed by atoms with van der Waals surface area (Å²) in [7, 11) is 3.62. The number of hydrogen-bond acceptors (Lipinski definition) is 3. The molecule has 3 nitrogen and oxygen atoms in total. The van der Waals surface area contributed by atoms with E-state index < -0.39 is 0 Å². The third-order valence-electron chi connectivity index (χ3n) is 2.23. The van der Waals surface area contributed by atoms with Gasteiger partial charge in [-0.25, -0.2) is 0 Å². The molecule has 0 aromatic heterocycles. The molecule has 76 valence electrons. The molecule has 0 bridgehead atoms. The van der Waals surface area contributed by atoms with E-state index in [1.54, 1.807) is 16.7 Å².